The maximum Gasteiger partial charge on any atom is 0.294 e. The van der Waals surface area contributed by atoms with Crippen LogP contribution in [0, 0.1) is 17.2 Å². The number of ketones is 1. The molecule has 0 saturated heterocycles. The van der Waals surface area contributed by atoms with Crippen LogP contribution in [0.1, 0.15) is 37.4 Å². The Morgan fingerprint density at radius 3 is 2.31 bits per heavy atom. The van der Waals surface area contributed by atoms with Crippen LogP contribution in [0.2, 0.25) is 0 Å². The summed E-state index contributed by atoms with van der Waals surface area (Å²) in [6, 6.07) is 14.8. The first kappa shape index (κ1) is 20.2. The molecule has 1 heterocycles. The molecule has 1 atom stereocenters. The molecule has 2 aromatic rings. The number of carbonyl (C=O) groups excluding carboxylic acids is 2. The minimum absolute atomic E-state index is 0.0818. The van der Waals surface area contributed by atoms with Gasteiger partial charge in [0.25, 0.3) is 5.91 Å². The average molecular weight is 390 g/mol. The van der Waals surface area contributed by atoms with Gasteiger partial charge in [-0.25, -0.2) is 0 Å². The lowest BCUT2D eigenvalue weighted by molar-refractivity contribution is -0.118. The molecule has 2 aromatic carbocycles. The smallest absolute Gasteiger partial charge is 0.294 e. The summed E-state index contributed by atoms with van der Waals surface area (Å²) >= 11 is 0. The Morgan fingerprint density at radius 1 is 1.17 bits per heavy atom. The van der Waals surface area contributed by atoms with Crippen molar-refractivity contribution in [3.8, 4) is 11.8 Å². The van der Waals surface area contributed by atoms with Crippen molar-refractivity contribution < 1.29 is 19.4 Å². The fourth-order valence-corrected chi connectivity index (χ4v) is 3.44. The molecule has 1 N–H and O–H groups in total. The normalized spacial score (nSPS) is 16.3. The van der Waals surface area contributed by atoms with Crippen molar-refractivity contribution in [2.24, 2.45) is 5.92 Å². The van der Waals surface area contributed by atoms with Crippen molar-refractivity contribution in [3.63, 3.8) is 0 Å². The molecule has 3 rings (SSSR count). The number of aliphatic hydroxyl groups excluding tert-OH is 1. The largest absolute Gasteiger partial charge is 0.503 e. The van der Waals surface area contributed by atoms with Gasteiger partial charge in [-0.15, -0.1) is 0 Å². The van der Waals surface area contributed by atoms with Gasteiger partial charge >= 0.3 is 0 Å². The molecule has 6 heteroatoms. The Labute approximate surface area is 169 Å². The summed E-state index contributed by atoms with van der Waals surface area (Å²) in [6.07, 6.45) is 0.223. The summed E-state index contributed by atoms with van der Waals surface area (Å²) in [5, 5.41) is 19.6. The number of benzene rings is 2. The molecule has 0 bridgehead atoms. The van der Waals surface area contributed by atoms with Crippen LogP contribution in [0.25, 0.3) is 0 Å². The zero-order chi connectivity index (χ0) is 21.1. The average Bonchev–Trinajstić information content (AvgIpc) is 2.98. The van der Waals surface area contributed by atoms with Gasteiger partial charge in [0.05, 0.1) is 30.4 Å². The highest BCUT2D eigenvalue weighted by Gasteiger charge is 2.44. The first-order chi connectivity index (χ1) is 13.9. The second-order valence-corrected chi connectivity index (χ2v) is 7.29. The van der Waals surface area contributed by atoms with Crippen molar-refractivity contribution in [3.05, 3.63) is 71.0 Å². The van der Waals surface area contributed by atoms with Crippen LogP contribution in [0.5, 0.6) is 5.75 Å². The monoisotopic (exact) mass is 390 g/mol. The van der Waals surface area contributed by atoms with E-state index in [0.29, 0.717) is 22.6 Å². The fourth-order valence-electron chi connectivity index (χ4n) is 3.44. The number of nitrogens with zero attached hydrogens (tertiary/aromatic N) is 2. The summed E-state index contributed by atoms with van der Waals surface area (Å²) in [7, 11) is 1.56. The lowest BCUT2D eigenvalue weighted by Gasteiger charge is -2.27. The maximum atomic E-state index is 12.9. The number of carbonyl (C=O) groups is 2. The molecule has 1 amide bonds. The second kappa shape index (κ2) is 8.19. The van der Waals surface area contributed by atoms with Crippen LogP contribution in [-0.4, -0.2) is 23.9 Å². The zero-order valence-corrected chi connectivity index (χ0v) is 16.5. The first-order valence-electron chi connectivity index (χ1n) is 9.31. The Hall–Kier alpha value is -3.59. The van der Waals surface area contributed by atoms with E-state index in [1.54, 1.807) is 55.6 Å². The van der Waals surface area contributed by atoms with Gasteiger partial charge in [-0.2, -0.15) is 5.26 Å². The van der Waals surface area contributed by atoms with Crippen LogP contribution in [0.3, 0.4) is 0 Å². The number of anilines is 1. The molecule has 29 heavy (non-hydrogen) atoms. The highest BCUT2D eigenvalue weighted by atomic mass is 16.5. The topological polar surface area (TPSA) is 90.6 Å². The number of nitriles is 1. The van der Waals surface area contributed by atoms with E-state index in [1.807, 2.05) is 19.9 Å². The molecule has 1 aliphatic rings. The zero-order valence-electron chi connectivity index (χ0n) is 16.5. The Balaban J connectivity index is 2.12. The minimum atomic E-state index is -0.757. The lowest BCUT2D eigenvalue weighted by atomic mass is 9.92. The SMILES string of the molecule is COc1ccc(C2C(C(=O)CC(C)C)=C(O)C(=O)N2c2ccc(C#N)cc2)cc1. The van der Waals surface area contributed by atoms with Gasteiger partial charge in [0.1, 0.15) is 5.75 Å². The molecule has 0 aliphatic carbocycles. The van der Waals surface area contributed by atoms with Crippen molar-refractivity contribution in [2.75, 3.05) is 12.0 Å². The Morgan fingerprint density at radius 2 is 1.79 bits per heavy atom. The second-order valence-electron chi connectivity index (χ2n) is 7.29. The number of aliphatic hydroxyl groups is 1. The molecule has 0 saturated carbocycles. The molecule has 1 aliphatic heterocycles. The van der Waals surface area contributed by atoms with E-state index >= 15 is 0 Å². The van der Waals surface area contributed by atoms with Gasteiger partial charge in [-0.3, -0.25) is 14.5 Å². The van der Waals surface area contributed by atoms with Crippen molar-refractivity contribution in [1.29, 1.82) is 5.26 Å². The Kier molecular flexibility index (Phi) is 5.69. The molecule has 1 unspecified atom stereocenters. The van der Waals surface area contributed by atoms with E-state index in [2.05, 4.69) is 0 Å². The first-order valence-corrected chi connectivity index (χ1v) is 9.31. The van der Waals surface area contributed by atoms with Gasteiger partial charge in [0.15, 0.2) is 11.5 Å². The molecule has 0 aromatic heterocycles. The number of ether oxygens (including phenoxy) is 1. The Bertz CT molecular complexity index is 999. The van der Waals surface area contributed by atoms with Crippen LogP contribution in [-0.2, 0) is 9.59 Å². The number of hydrogen-bond donors (Lipinski definition) is 1. The summed E-state index contributed by atoms with van der Waals surface area (Å²) < 4.78 is 5.20. The van der Waals surface area contributed by atoms with Crippen LogP contribution < -0.4 is 9.64 Å². The summed E-state index contributed by atoms with van der Waals surface area (Å²) in [4.78, 5) is 27.3. The number of amides is 1. The van der Waals surface area contributed by atoms with E-state index in [-0.39, 0.29) is 23.7 Å². The maximum absolute atomic E-state index is 12.9. The number of rotatable bonds is 6. The van der Waals surface area contributed by atoms with E-state index < -0.39 is 17.7 Å². The van der Waals surface area contributed by atoms with Crippen molar-refractivity contribution in [2.45, 2.75) is 26.3 Å². The van der Waals surface area contributed by atoms with E-state index in [0.717, 1.165) is 0 Å². The standard InChI is InChI=1S/C23H22N2O4/c1-14(2)12-19(26)20-21(16-6-10-18(29-3)11-7-16)25(23(28)22(20)27)17-8-4-15(13-24)5-9-17/h4-11,14,21,27H,12H2,1-3H3. The minimum Gasteiger partial charge on any atom is -0.503 e. The fraction of sp³-hybridized carbons (Fsp3) is 0.261. The third-order valence-electron chi connectivity index (χ3n) is 4.81. The predicted octanol–water partition coefficient (Wildman–Crippen LogP) is 4.08. The third kappa shape index (κ3) is 3.85. The lowest BCUT2D eigenvalue weighted by Crippen LogP contribution is -2.31. The number of methoxy groups -OCH3 is 1. The third-order valence-corrected chi connectivity index (χ3v) is 4.81. The molecule has 0 spiro atoms. The van der Waals surface area contributed by atoms with Gasteiger partial charge in [0, 0.05) is 12.1 Å². The quantitative estimate of drug-likeness (QED) is 0.802. The molecule has 0 fully saturated rings. The van der Waals surface area contributed by atoms with Crippen molar-refractivity contribution in [1.82, 2.24) is 0 Å². The molecular weight excluding hydrogens is 368 g/mol. The number of Topliss-reactive ketones (excluding diaryl/α,β-unsaturated/α-hetero) is 1. The van der Waals surface area contributed by atoms with Gasteiger partial charge in [-0.1, -0.05) is 26.0 Å². The predicted molar refractivity (Wildman–Crippen MR) is 108 cm³/mol. The molecular formula is C23H22N2O4. The van der Waals surface area contributed by atoms with E-state index in [9.17, 15) is 14.7 Å². The summed E-state index contributed by atoms with van der Waals surface area (Å²) in [6.45, 7) is 3.82. The highest BCUT2D eigenvalue weighted by molar-refractivity contribution is 6.16. The molecule has 148 valence electrons. The summed E-state index contributed by atoms with van der Waals surface area (Å²) in [5.74, 6) is -0.698. The van der Waals surface area contributed by atoms with Crippen molar-refractivity contribution >= 4 is 17.4 Å². The van der Waals surface area contributed by atoms with Crippen LogP contribution >= 0.6 is 0 Å². The van der Waals surface area contributed by atoms with Gasteiger partial charge in [0.2, 0.25) is 0 Å². The van der Waals surface area contributed by atoms with Gasteiger partial charge in [-0.05, 0) is 47.9 Å². The van der Waals surface area contributed by atoms with E-state index in [1.165, 1.54) is 4.90 Å². The van der Waals surface area contributed by atoms with Gasteiger partial charge < -0.3 is 9.84 Å². The van der Waals surface area contributed by atoms with Crippen LogP contribution in [0.4, 0.5) is 5.69 Å². The molecule has 6 nitrogen and oxygen atoms in total. The number of hydrogen-bond acceptors (Lipinski definition) is 5. The highest BCUT2D eigenvalue weighted by Crippen LogP contribution is 2.42. The van der Waals surface area contributed by atoms with Crippen LogP contribution in [0.15, 0.2) is 59.9 Å². The summed E-state index contributed by atoms with van der Waals surface area (Å²) in [5.41, 5.74) is 1.72. The molecule has 0 radical (unpaired) electrons. The van der Waals surface area contributed by atoms with E-state index in [4.69, 9.17) is 10.00 Å².